The normalized spacial score (nSPS) is 13.2. The van der Waals surface area contributed by atoms with Crippen LogP contribution in [0.3, 0.4) is 0 Å². The fraction of sp³-hybridized carbons (Fsp3) is 0.222. The van der Waals surface area contributed by atoms with E-state index in [1.165, 1.54) is 4.90 Å². The fourth-order valence-electron chi connectivity index (χ4n) is 2.54. The van der Waals surface area contributed by atoms with E-state index in [4.69, 9.17) is 4.74 Å². The molecule has 0 aromatic heterocycles. The van der Waals surface area contributed by atoms with Gasteiger partial charge < -0.3 is 10.1 Å². The Morgan fingerprint density at radius 2 is 2.00 bits per heavy atom. The third-order valence-electron chi connectivity index (χ3n) is 3.75. The maximum Gasteiger partial charge on any atom is 0.265 e. The standard InChI is InChI=1S/C18H17BrN2O3/c19-14-6-7-15-16(10-14)24-12-18(23)21(15)11-17(22)20-9-8-13-4-2-1-3-5-13/h1-7,10H,8-9,11-12H2,(H,20,22). The number of halogens is 1. The van der Waals surface area contributed by atoms with E-state index >= 15 is 0 Å². The zero-order valence-corrected chi connectivity index (χ0v) is 14.6. The minimum absolute atomic E-state index is 0.00832. The lowest BCUT2D eigenvalue weighted by molar-refractivity contribution is -0.125. The molecule has 1 aliphatic heterocycles. The number of carbonyl (C=O) groups excluding carboxylic acids is 2. The Bertz CT molecular complexity index is 749. The first-order chi connectivity index (χ1) is 11.6. The Kier molecular flexibility index (Phi) is 5.15. The van der Waals surface area contributed by atoms with Crippen molar-refractivity contribution in [2.45, 2.75) is 6.42 Å². The summed E-state index contributed by atoms with van der Waals surface area (Å²) in [5.74, 6) is 0.194. The molecule has 0 bridgehead atoms. The molecule has 0 radical (unpaired) electrons. The molecule has 0 fully saturated rings. The second-order valence-corrected chi connectivity index (χ2v) is 6.38. The van der Waals surface area contributed by atoms with Gasteiger partial charge in [-0.1, -0.05) is 46.3 Å². The molecular formula is C18H17BrN2O3. The molecule has 2 aromatic carbocycles. The molecule has 6 heteroatoms. The van der Waals surface area contributed by atoms with Crippen LogP contribution < -0.4 is 15.0 Å². The van der Waals surface area contributed by atoms with Crippen LogP contribution >= 0.6 is 15.9 Å². The summed E-state index contributed by atoms with van der Waals surface area (Å²) in [6.07, 6.45) is 0.757. The van der Waals surface area contributed by atoms with Crippen molar-refractivity contribution in [1.29, 1.82) is 0 Å². The van der Waals surface area contributed by atoms with Gasteiger partial charge in [0.15, 0.2) is 6.61 Å². The highest BCUT2D eigenvalue weighted by atomic mass is 79.9. The summed E-state index contributed by atoms with van der Waals surface area (Å²) in [5.41, 5.74) is 1.78. The summed E-state index contributed by atoms with van der Waals surface area (Å²) >= 11 is 3.37. The number of hydrogen-bond acceptors (Lipinski definition) is 3. The number of nitrogens with one attached hydrogen (secondary N) is 1. The number of benzene rings is 2. The zero-order valence-electron chi connectivity index (χ0n) is 13.0. The summed E-state index contributed by atoms with van der Waals surface area (Å²) < 4.78 is 6.28. The van der Waals surface area contributed by atoms with Gasteiger partial charge in [0.05, 0.1) is 5.69 Å². The molecule has 2 amide bonds. The van der Waals surface area contributed by atoms with E-state index in [2.05, 4.69) is 21.2 Å². The van der Waals surface area contributed by atoms with Gasteiger partial charge in [0.1, 0.15) is 12.3 Å². The van der Waals surface area contributed by atoms with Gasteiger partial charge in [0.2, 0.25) is 5.91 Å². The van der Waals surface area contributed by atoms with E-state index in [9.17, 15) is 9.59 Å². The van der Waals surface area contributed by atoms with Gasteiger partial charge >= 0.3 is 0 Å². The van der Waals surface area contributed by atoms with Crippen LogP contribution in [0.5, 0.6) is 5.75 Å². The number of fused-ring (bicyclic) bond motifs is 1. The van der Waals surface area contributed by atoms with Crippen molar-refractivity contribution in [2.24, 2.45) is 0 Å². The lowest BCUT2D eigenvalue weighted by Gasteiger charge is -2.29. The molecular weight excluding hydrogens is 372 g/mol. The molecule has 0 aliphatic carbocycles. The first-order valence-electron chi connectivity index (χ1n) is 7.67. The Hall–Kier alpha value is -2.34. The maximum atomic E-state index is 12.2. The summed E-state index contributed by atoms with van der Waals surface area (Å²) in [6, 6.07) is 15.3. The second kappa shape index (κ2) is 7.49. The number of nitrogens with zero attached hydrogens (tertiary/aromatic N) is 1. The number of rotatable bonds is 5. The van der Waals surface area contributed by atoms with E-state index in [0.717, 1.165) is 16.5 Å². The largest absolute Gasteiger partial charge is 0.482 e. The Balaban J connectivity index is 1.59. The van der Waals surface area contributed by atoms with E-state index in [-0.39, 0.29) is 25.0 Å². The molecule has 24 heavy (non-hydrogen) atoms. The molecule has 0 unspecified atom stereocenters. The third-order valence-corrected chi connectivity index (χ3v) is 4.24. The van der Waals surface area contributed by atoms with Crippen LogP contribution in [-0.4, -0.2) is 31.5 Å². The van der Waals surface area contributed by atoms with E-state index in [0.29, 0.717) is 18.0 Å². The molecule has 1 aliphatic rings. The highest BCUT2D eigenvalue weighted by molar-refractivity contribution is 9.10. The monoisotopic (exact) mass is 388 g/mol. The van der Waals surface area contributed by atoms with Crippen molar-refractivity contribution < 1.29 is 14.3 Å². The first kappa shape index (κ1) is 16.5. The van der Waals surface area contributed by atoms with E-state index < -0.39 is 0 Å². The number of hydrogen-bond donors (Lipinski definition) is 1. The molecule has 3 rings (SSSR count). The van der Waals surface area contributed by atoms with Crippen molar-refractivity contribution >= 4 is 33.4 Å². The van der Waals surface area contributed by atoms with Crippen LogP contribution in [-0.2, 0) is 16.0 Å². The van der Waals surface area contributed by atoms with Gasteiger partial charge in [-0.15, -0.1) is 0 Å². The van der Waals surface area contributed by atoms with Crippen LogP contribution in [0.2, 0.25) is 0 Å². The minimum Gasteiger partial charge on any atom is -0.482 e. The molecule has 0 saturated carbocycles. The van der Waals surface area contributed by atoms with Crippen LogP contribution in [0.4, 0.5) is 5.69 Å². The number of anilines is 1. The quantitative estimate of drug-likeness (QED) is 0.855. The Morgan fingerprint density at radius 3 is 2.79 bits per heavy atom. The summed E-state index contributed by atoms with van der Waals surface area (Å²) in [5, 5.41) is 2.86. The van der Waals surface area contributed by atoms with Crippen molar-refractivity contribution in [1.82, 2.24) is 5.32 Å². The van der Waals surface area contributed by atoms with Gasteiger partial charge in [-0.05, 0) is 30.2 Å². The lowest BCUT2D eigenvalue weighted by atomic mass is 10.1. The summed E-state index contributed by atoms with van der Waals surface area (Å²) in [7, 11) is 0. The summed E-state index contributed by atoms with van der Waals surface area (Å²) in [6.45, 7) is 0.473. The maximum absolute atomic E-state index is 12.2. The van der Waals surface area contributed by atoms with Gasteiger partial charge in [-0.3, -0.25) is 14.5 Å². The van der Waals surface area contributed by atoms with Crippen molar-refractivity contribution in [3.05, 3.63) is 58.6 Å². The summed E-state index contributed by atoms with van der Waals surface area (Å²) in [4.78, 5) is 25.7. The molecule has 0 atom stereocenters. The van der Waals surface area contributed by atoms with Gasteiger partial charge in [-0.2, -0.15) is 0 Å². The molecule has 0 saturated heterocycles. The Labute approximate surface area is 148 Å². The van der Waals surface area contributed by atoms with Crippen molar-refractivity contribution in [3.63, 3.8) is 0 Å². The molecule has 1 heterocycles. The topological polar surface area (TPSA) is 58.6 Å². The smallest absolute Gasteiger partial charge is 0.265 e. The van der Waals surface area contributed by atoms with Gasteiger partial charge in [0, 0.05) is 11.0 Å². The lowest BCUT2D eigenvalue weighted by Crippen LogP contribution is -2.45. The molecule has 124 valence electrons. The van der Waals surface area contributed by atoms with E-state index in [1.54, 1.807) is 12.1 Å². The third kappa shape index (κ3) is 3.94. The molecule has 2 aromatic rings. The Morgan fingerprint density at radius 1 is 1.21 bits per heavy atom. The number of ether oxygens (including phenoxy) is 1. The van der Waals surface area contributed by atoms with Crippen LogP contribution in [0.15, 0.2) is 53.0 Å². The number of amides is 2. The van der Waals surface area contributed by atoms with Crippen LogP contribution in [0, 0.1) is 0 Å². The average Bonchev–Trinajstić information content (AvgIpc) is 2.58. The van der Waals surface area contributed by atoms with Crippen LogP contribution in [0.25, 0.3) is 0 Å². The van der Waals surface area contributed by atoms with Crippen molar-refractivity contribution in [2.75, 3.05) is 24.6 Å². The predicted molar refractivity (Wildman–Crippen MR) is 95.1 cm³/mol. The fourth-order valence-corrected chi connectivity index (χ4v) is 2.88. The SMILES string of the molecule is O=C(CN1C(=O)COc2cc(Br)ccc21)NCCc1ccccc1. The predicted octanol–water partition coefficient (Wildman–Crippen LogP) is 2.53. The zero-order chi connectivity index (χ0) is 16.9. The van der Waals surface area contributed by atoms with Gasteiger partial charge in [-0.25, -0.2) is 0 Å². The van der Waals surface area contributed by atoms with E-state index in [1.807, 2.05) is 36.4 Å². The molecule has 5 nitrogen and oxygen atoms in total. The minimum atomic E-state index is -0.219. The highest BCUT2D eigenvalue weighted by Crippen LogP contribution is 2.34. The number of carbonyl (C=O) groups is 2. The average molecular weight is 389 g/mol. The highest BCUT2D eigenvalue weighted by Gasteiger charge is 2.27. The molecule has 0 spiro atoms. The first-order valence-corrected chi connectivity index (χ1v) is 8.46. The van der Waals surface area contributed by atoms with Crippen LogP contribution in [0.1, 0.15) is 5.56 Å². The van der Waals surface area contributed by atoms with Crippen molar-refractivity contribution in [3.8, 4) is 5.75 Å². The second-order valence-electron chi connectivity index (χ2n) is 5.47. The molecule has 1 N–H and O–H groups in total. The van der Waals surface area contributed by atoms with Gasteiger partial charge in [0.25, 0.3) is 5.91 Å².